The summed E-state index contributed by atoms with van der Waals surface area (Å²) in [5.41, 5.74) is 2.12. The molecule has 1 atom stereocenters. The Balaban J connectivity index is 1.56. The van der Waals surface area contributed by atoms with Crippen molar-refractivity contribution in [2.75, 3.05) is 51.3 Å². The van der Waals surface area contributed by atoms with Crippen LogP contribution in [0.15, 0.2) is 30.5 Å². The molecule has 4 heterocycles. The Bertz CT molecular complexity index is 1150. The van der Waals surface area contributed by atoms with Crippen LogP contribution in [0.2, 0.25) is 5.02 Å². The Morgan fingerprint density at radius 3 is 2.91 bits per heavy atom. The number of piperazine rings is 2. The van der Waals surface area contributed by atoms with Crippen molar-refractivity contribution >= 4 is 17.4 Å². The van der Waals surface area contributed by atoms with E-state index in [9.17, 15) is 9.50 Å². The molecule has 3 fully saturated rings. The molecule has 2 aromatic rings. The lowest BCUT2D eigenvalue weighted by Crippen LogP contribution is -2.54. The number of nitrogens with zero attached hydrogens (tertiary/aromatic N) is 4. The van der Waals surface area contributed by atoms with Gasteiger partial charge in [-0.2, -0.15) is 0 Å². The number of hydrogen-bond donors (Lipinski definition) is 2. The quantitative estimate of drug-likeness (QED) is 0.677. The van der Waals surface area contributed by atoms with Gasteiger partial charge in [-0.05, 0) is 25.0 Å². The number of fused-ring (bicyclic) bond motifs is 2. The van der Waals surface area contributed by atoms with Crippen molar-refractivity contribution in [1.29, 1.82) is 0 Å². The first-order valence-electron chi connectivity index (χ1n) is 11.8. The van der Waals surface area contributed by atoms with E-state index in [2.05, 4.69) is 33.6 Å². The van der Waals surface area contributed by atoms with Gasteiger partial charge < -0.3 is 25.0 Å². The molecule has 1 saturated carbocycles. The lowest BCUT2D eigenvalue weighted by atomic mass is 10.0. The number of aromatic nitrogens is 1. The molecule has 1 spiro atoms. The van der Waals surface area contributed by atoms with Gasteiger partial charge in [-0.15, -0.1) is 0 Å². The molecule has 3 aliphatic heterocycles. The number of phenolic OH excluding ortho intramolecular Hbond substituents is 1. The zero-order valence-electron chi connectivity index (χ0n) is 19.3. The first kappa shape index (κ1) is 21.9. The van der Waals surface area contributed by atoms with Crippen molar-refractivity contribution in [3.8, 4) is 22.8 Å². The Hall–Kier alpha value is -2.55. The van der Waals surface area contributed by atoms with Crippen molar-refractivity contribution in [3.05, 3.63) is 46.9 Å². The van der Waals surface area contributed by atoms with Gasteiger partial charge in [0.1, 0.15) is 40.5 Å². The highest BCUT2D eigenvalue weighted by molar-refractivity contribution is 6.35. The second kappa shape index (κ2) is 8.00. The lowest BCUT2D eigenvalue weighted by Gasteiger charge is -2.44. The largest absolute Gasteiger partial charge is 0.507 e. The third-order valence-electron chi connectivity index (χ3n) is 7.72. The number of hydrogen-bond acceptors (Lipinski definition) is 7. The number of aromatic hydroxyl groups is 1. The van der Waals surface area contributed by atoms with Gasteiger partial charge in [-0.1, -0.05) is 24.2 Å². The van der Waals surface area contributed by atoms with Crippen LogP contribution in [0.4, 0.5) is 10.2 Å². The summed E-state index contributed by atoms with van der Waals surface area (Å²) in [4.78, 5) is 11.9. The third kappa shape index (κ3) is 3.42. The fourth-order valence-corrected chi connectivity index (χ4v) is 5.84. The Morgan fingerprint density at radius 2 is 2.15 bits per heavy atom. The summed E-state index contributed by atoms with van der Waals surface area (Å²) in [6.07, 6.45) is 2.11. The van der Waals surface area contributed by atoms with E-state index in [1.807, 2.05) is 0 Å². The van der Waals surface area contributed by atoms with Crippen LogP contribution in [0, 0.1) is 5.82 Å². The van der Waals surface area contributed by atoms with Crippen LogP contribution in [0.25, 0.3) is 11.3 Å². The standard InChI is InChI=1S/C25H29ClFN5O2/c1-15-11-32(25(6-7-25)14-30(15)2)24-17-12-31-9-8-28-10-16(31)13-34-23(17)21(26)22(29-24)20-18(27)4-3-5-19(20)33/h3-5,16,28,33H,1,6-14H2,2H3/t16-/m1/s1. The highest BCUT2D eigenvalue weighted by Crippen LogP contribution is 2.52. The van der Waals surface area contributed by atoms with E-state index in [4.69, 9.17) is 21.3 Å². The van der Waals surface area contributed by atoms with E-state index >= 15 is 0 Å². The zero-order valence-corrected chi connectivity index (χ0v) is 20.0. The molecule has 9 heteroatoms. The van der Waals surface area contributed by atoms with Gasteiger partial charge in [0.25, 0.3) is 0 Å². The van der Waals surface area contributed by atoms with Gasteiger partial charge in [0, 0.05) is 45.5 Å². The SMILES string of the molecule is C=C1CN(c2nc(-c3c(O)cccc3F)c(Cl)c3c2CN2CCNC[C@@H]2CO3)C2(CC2)CN1C. The molecule has 0 unspecified atom stereocenters. The second-order valence-corrected chi connectivity index (χ2v) is 10.3. The second-order valence-electron chi connectivity index (χ2n) is 9.91. The monoisotopic (exact) mass is 485 g/mol. The van der Waals surface area contributed by atoms with Crippen LogP contribution in [-0.2, 0) is 6.54 Å². The maximum absolute atomic E-state index is 15.0. The van der Waals surface area contributed by atoms with Crippen LogP contribution in [0.3, 0.4) is 0 Å². The van der Waals surface area contributed by atoms with Crippen LogP contribution in [0.1, 0.15) is 18.4 Å². The molecule has 0 amide bonds. The number of rotatable bonds is 2. The highest BCUT2D eigenvalue weighted by atomic mass is 35.5. The number of nitrogens with one attached hydrogen (secondary N) is 1. The Morgan fingerprint density at radius 1 is 1.32 bits per heavy atom. The summed E-state index contributed by atoms with van der Waals surface area (Å²) in [7, 11) is 2.08. The normalized spacial score (nSPS) is 23.9. The van der Waals surface area contributed by atoms with Crippen molar-refractivity contribution in [2.45, 2.75) is 31.0 Å². The number of ether oxygens (including phenoxy) is 1. The summed E-state index contributed by atoms with van der Waals surface area (Å²) < 4.78 is 21.3. The maximum Gasteiger partial charge on any atom is 0.148 e. The molecule has 4 aliphatic rings. The van der Waals surface area contributed by atoms with E-state index in [1.54, 1.807) is 0 Å². The van der Waals surface area contributed by atoms with Gasteiger partial charge in [0.15, 0.2) is 0 Å². The molecule has 0 bridgehead atoms. The van der Waals surface area contributed by atoms with Crippen LogP contribution in [-0.4, -0.2) is 77.8 Å². The highest BCUT2D eigenvalue weighted by Gasteiger charge is 2.53. The van der Waals surface area contributed by atoms with Crippen molar-refractivity contribution in [1.82, 2.24) is 20.1 Å². The van der Waals surface area contributed by atoms with Crippen molar-refractivity contribution < 1.29 is 14.2 Å². The topological polar surface area (TPSA) is 64.1 Å². The molecule has 34 heavy (non-hydrogen) atoms. The number of anilines is 1. The number of pyridine rings is 1. The Labute approximate surface area is 203 Å². The molecule has 2 saturated heterocycles. The summed E-state index contributed by atoms with van der Waals surface area (Å²) in [5, 5.41) is 14.2. The molecular formula is C25H29ClFN5O2. The van der Waals surface area contributed by atoms with Gasteiger partial charge in [0.05, 0.1) is 29.3 Å². The molecular weight excluding hydrogens is 457 g/mol. The molecule has 1 aromatic carbocycles. The molecule has 1 aliphatic carbocycles. The summed E-state index contributed by atoms with van der Waals surface area (Å²) in [5.74, 6) is 0.529. The fourth-order valence-electron chi connectivity index (χ4n) is 5.53. The number of likely N-dealkylation sites (N-methyl/N-ethyl adjacent to an activating group) is 1. The minimum absolute atomic E-state index is 0.00147. The van der Waals surface area contributed by atoms with E-state index < -0.39 is 5.82 Å². The van der Waals surface area contributed by atoms with Gasteiger partial charge in [-0.3, -0.25) is 4.90 Å². The third-order valence-corrected chi connectivity index (χ3v) is 8.07. The van der Waals surface area contributed by atoms with E-state index in [0.717, 1.165) is 56.1 Å². The predicted octanol–water partition coefficient (Wildman–Crippen LogP) is 3.21. The molecule has 2 N–H and O–H groups in total. The summed E-state index contributed by atoms with van der Waals surface area (Å²) in [6.45, 7) is 9.55. The zero-order chi connectivity index (χ0) is 23.6. The fraction of sp³-hybridized carbons (Fsp3) is 0.480. The van der Waals surface area contributed by atoms with E-state index in [-0.39, 0.29) is 33.6 Å². The predicted molar refractivity (Wildman–Crippen MR) is 130 cm³/mol. The first-order chi connectivity index (χ1) is 16.4. The molecule has 180 valence electrons. The first-order valence-corrected chi connectivity index (χ1v) is 12.2. The molecule has 7 nitrogen and oxygen atoms in total. The average molecular weight is 486 g/mol. The molecule has 0 radical (unpaired) electrons. The number of benzene rings is 1. The van der Waals surface area contributed by atoms with Gasteiger partial charge in [-0.25, -0.2) is 9.37 Å². The minimum atomic E-state index is -0.570. The minimum Gasteiger partial charge on any atom is -0.507 e. The summed E-state index contributed by atoms with van der Waals surface area (Å²) >= 11 is 6.88. The average Bonchev–Trinajstić information content (AvgIpc) is 3.60. The summed E-state index contributed by atoms with van der Waals surface area (Å²) in [6, 6.07) is 4.45. The van der Waals surface area contributed by atoms with Crippen LogP contribution >= 0.6 is 11.6 Å². The Kier molecular flexibility index (Phi) is 5.17. The number of halogens is 2. The maximum atomic E-state index is 15.0. The number of phenols is 1. The van der Waals surface area contributed by atoms with Crippen molar-refractivity contribution in [2.24, 2.45) is 0 Å². The van der Waals surface area contributed by atoms with Crippen molar-refractivity contribution in [3.63, 3.8) is 0 Å². The van der Waals surface area contributed by atoms with Gasteiger partial charge in [0.2, 0.25) is 0 Å². The van der Waals surface area contributed by atoms with Gasteiger partial charge >= 0.3 is 0 Å². The van der Waals surface area contributed by atoms with E-state index in [1.165, 1.54) is 18.2 Å². The van der Waals surface area contributed by atoms with Crippen LogP contribution in [0.5, 0.6) is 11.5 Å². The molecule has 6 rings (SSSR count). The van der Waals surface area contributed by atoms with Crippen LogP contribution < -0.4 is 15.0 Å². The lowest BCUT2D eigenvalue weighted by molar-refractivity contribution is 0.120. The molecule has 1 aromatic heterocycles. The smallest absolute Gasteiger partial charge is 0.148 e. The van der Waals surface area contributed by atoms with E-state index in [0.29, 0.717) is 25.4 Å².